The summed E-state index contributed by atoms with van der Waals surface area (Å²) in [5.74, 6) is -8.64. The molecule has 7 rings (SSSR count). The van der Waals surface area contributed by atoms with E-state index in [1.807, 2.05) is 19.1 Å². The predicted octanol–water partition coefficient (Wildman–Crippen LogP) is 0.178. The summed E-state index contributed by atoms with van der Waals surface area (Å²) >= 11 is 0. The minimum absolute atomic E-state index is 0.0986. The van der Waals surface area contributed by atoms with E-state index in [0.29, 0.717) is 12.3 Å². The fraction of sp³-hybridized carbons (Fsp3) is 0.515. The van der Waals surface area contributed by atoms with Gasteiger partial charge in [-0.05, 0) is 67.9 Å². The fourth-order valence-corrected chi connectivity index (χ4v) is 10.9. The van der Waals surface area contributed by atoms with Crippen LogP contribution in [0.2, 0.25) is 0 Å². The van der Waals surface area contributed by atoms with Gasteiger partial charge in [0.25, 0.3) is 0 Å². The Balaban J connectivity index is 0.000000368. The number of carboxylic acids is 1. The van der Waals surface area contributed by atoms with Crippen LogP contribution in [0.5, 0.6) is 17.2 Å². The number of ketones is 1. The first-order valence-corrected chi connectivity index (χ1v) is 32.3. The number of nitrogens with zero attached hydrogens (tertiary/aromatic N) is 2. The summed E-state index contributed by atoms with van der Waals surface area (Å²) in [6, 6.07) is 1.50. The monoisotopic (exact) mass is 1410 g/mol. The molecule has 3 saturated heterocycles. The molecule has 2 aromatic heterocycles. The molecule has 4 aliphatic rings. The zero-order chi connectivity index (χ0) is 73.9. The number of phenols is 2. The number of aromatic amines is 1. The van der Waals surface area contributed by atoms with Crippen LogP contribution in [0.15, 0.2) is 126 Å². The number of hydrogen-bond acceptors (Lipinski definition) is 28. The number of rotatable bonds is 30. The van der Waals surface area contributed by atoms with Crippen molar-refractivity contribution in [2.24, 2.45) is 17.6 Å². The first kappa shape index (κ1) is 80.8. The molecule has 0 saturated carbocycles. The first-order valence-electron chi connectivity index (χ1n) is 32.3. The molecule has 3 fully saturated rings. The van der Waals surface area contributed by atoms with E-state index in [1.165, 1.54) is 56.4 Å². The molecule has 4 aliphatic heterocycles. The van der Waals surface area contributed by atoms with E-state index < -0.39 is 176 Å². The highest BCUT2D eigenvalue weighted by molar-refractivity contribution is 5.91. The number of nitrogens with one attached hydrogen (secondary N) is 2. The maximum atomic E-state index is 13.4. The van der Waals surface area contributed by atoms with Gasteiger partial charge < -0.3 is 121 Å². The number of esters is 2. The molecule has 1 aromatic carbocycles. The number of carbonyl (C=O) groups excluding carboxylic acids is 4. The van der Waals surface area contributed by atoms with Crippen molar-refractivity contribution in [3.63, 3.8) is 0 Å². The van der Waals surface area contributed by atoms with Gasteiger partial charge in [0.05, 0.1) is 48.9 Å². The quantitative estimate of drug-likeness (QED) is 0.0183. The molecule has 18 N–H and O–H groups in total. The second kappa shape index (κ2) is 37.5. The molecule has 6 heterocycles. The molecule has 0 aliphatic carbocycles. The Morgan fingerprint density at radius 2 is 1.53 bits per heavy atom. The standard InChI is InChI=1S/C47H64O17.C21H27N5O10/c1-5-28(3)17-11-9-12-18-29(4)33(51)20-14-10-16-22-38(54)62-44-43(35(25-48)64-47(45(44)58)39-30(26-60-47)23-32(50)24-34(39)52)63-46-42(57)41(56)40(55)36(61-46)27-59-37(53)21-15-8-7-13-19-31(49)6-2;1-7(14(29)10-4-3-9(28)5-23-10)12(22)18(32)25-13(20(33)34)17-15(30)16(31)19(36-17)26-6-11(8(2)27)24-21(26)35/h7-10,12-16,18-19,21-24,28,31,33,35-36,40-46,48-52,55-58H,5-6,11,17,20,25-27H2,1-4H3;3-7,12-17,19,28-31H,22H2,1-2H3,(H,24,35)(H,25,32)(H,33,34)/b8-7+,12-9+,14-10+,19-13+,21-15+,22-16+,29-18+;/t;7-,12-,13-,14-,15?,16?,17?,19+/m.0/s1. The number of aliphatic hydroxyl groups excluding tert-OH is 10. The third kappa shape index (κ3) is 20.8. The van der Waals surface area contributed by atoms with E-state index in [-0.39, 0.29) is 47.0 Å². The average Bonchev–Trinajstić information content (AvgIpc) is 1.50. The summed E-state index contributed by atoms with van der Waals surface area (Å²) in [6.07, 6.45) is 0.238. The Morgan fingerprint density at radius 3 is 2.18 bits per heavy atom. The van der Waals surface area contributed by atoms with Gasteiger partial charge in [-0.1, -0.05) is 101 Å². The highest BCUT2D eigenvalue weighted by Gasteiger charge is 2.63. The molecule has 0 bridgehead atoms. The van der Waals surface area contributed by atoms with Crippen LogP contribution in [0.25, 0.3) is 0 Å². The lowest BCUT2D eigenvalue weighted by atomic mass is 9.86. The number of nitrogens with two attached hydrogens (primary N) is 1. The Labute approximate surface area is 574 Å². The molecule has 21 atom stereocenters. The Morgan fingerprint density at radius 1 is 0.830 bits per heavy atom. The minimum Gasteiger partial charge on any atom is -0.508 e. The number of hydrogen-bond donors (Lipinski definition) is 17. The highest BCUT2D eigenvalue weighted by Crippen LogP contribution is 2.51. The summed E-state index contributed by atoms with van der Waals surface area (Å²) in [7, 11) is 0. The maximum absolute atomic E-state index is 13.4. The number of ether oxygens (including phenoxy) is 7. The van der Waals surface area contributed by atoms with Crippen LogP contribution in [0, 0.1) is 11.8 Å². The van der Waals surface area contributed by atoms with Crippen LogP contribution in [0.1, 0.15) is 113 Å². The SMILES string of the molecule is CC(=O)c1cn([C@@H]2OC([C@H](NC(=O)[C@@H](N)[C@H](C)[C@H](O)c3ccc(O)cn3)C(=O)O)C(O)C2O)c(=O)[nH]1.CCC(O)/C=C/C=C/C=C/C(=O)OCC1OC(OC2C(CO)OC3(OCc4cc(O)cc(O)c43)C(O)C2OC(=O)/C=C/C=C/CC(O)/C(C)=C/C=C/CCC(C)CC)C(O)C(O)C1O. The van der Waals surface area contributed by atoms with E-state index >= 15 is 0 Å². The number of imidazole rings is 1. The zero-order valence-corrected chi connectivity index (χ0v) is 55.7. The zero-order valence-electron chi connectivity index (χ0n) is 55.7. The summed E-state index contributed by atoms with van der Waals surface area (Å²) < 4.78 is 40.9. The van der Waals surface area contributed by atoms with Gasteiger partial charge in [0.15, 0.2) is 36.6 Å². The number of pyridine rings is 1. The number of H-pyrrole nitrogens is 1. The van der Waals surface area contributed by atoms with Crippen LogP contribution in [0.3, 0.4) is 0 Å². The van der Waals surface area contributed by atoms with Gasteiger partial charge in [-0.15, -0.1) is 0 Å². The van der Waals surface area contributed by atoms with Crippen molar-refractivity contribution in [2.45, 2.75) is 196 Å². The number of phenolic OH excluding ortho intramolecular Hbond substituents is 2. The number of carboxylic acid groups (broad SMARTS) is 1. The lowest BCUT2D eigenvalue weighted by Crippen LogP contribution is -2.67. The molecule has 100 heavy (non-hydrogen) atoms. The van der Waals surface area contributed by atoms with Gasteiger partial charge in [0.2, 0.25) is 11.7 Å². The second-order valence-corrected chi connectivity index (χ2v) is 24.5. The Bertz CT molecular complexity index is 3510. The number of aliphatic carboxylic acids is 1. The molecule has 1 amide bonds. The van der Waals surface area contributed by atoms with Gasteiger partial charge in [0, 0.05) is 37.3 Å². The smallest absolute Gasteiger partial charge is 0.331 e. The number of aromatic nitrogens is 3. The number of amides is 1. The fourth-order valence-electron chi connectivity index (χ4n) is 10.9. The summed E-state index contributed by atoms with van der Waals surface area (Å²) in [4.78, 5) is 80.3. The van der Waals surface area contributed by atoms with Crippen molar-refractivity contribution in [3.05, 3.63) is 154 Å². The van der Waals surface area contributed by atoms with Crippen LogP contribution in [-0.2, 0) is 64.7 Å². The van der Waals surface area contributed by atoms with Crippen LogP contribution < -0.4 is 16.7 Å². The van der Waals surface area contributed by atoms with Crippen LogP contribution in [-0.4, -0.2) is 227 Å². The Kier molecular flexibility index (Phi) is 30.3. The minimum atomic E-state index is -2.28. The number of fused-ring (bicyclic) bond motifs is 2. The van der Waals surface area contributed by atoms with E-state index in [9.17, 15) is 100 Å². The molecule has 16 unspecified atom stereocenters. The average molecular weight is 1410 g/mol. The van der Waals surface area contributed by atoms with E-state index in [1.54, 1.807) is 31.2 Å². The number of aromatic hydroxyl groups is 3. The highest BCUT2D eigenvalue weighted by atomic mass is 16.8. The number of benzene rings is 1. The van der Waals surface area contributed by atoms with Gasteiger partial charge >= 0.3 is 23.6 Å². The van der Waals surface area contributed by atoms with Gasteiger partial charge in [-0.3, -0.25) is 19.1 Å². The van der Waals surface area contributed by atoms with Crippen molar-refractivity contribution >= 4 is 29.6 Å². The van der Waals surface area contributed by atoms with E-state index in [4.69, 9.17) is 38.9 Å². The number of allylic oxidation sites excluding steroid dienone is 9. The van der Waals surface area contributed by atoms with E-state index in [2.05, 4.69) is 35.2 Å². The summed E-state index contributed by atoms with van der Waals surface area (Å²) in [5, 5.41) is 149. The van der Waals surface area contributed by atoms with Gasteiger partial charge in [-0.2, -0.15) is 0 Å². The molecular formula is C68H91N5O27. The van der Waals surface area contributed by atoms with E-state index in [0.717, 1.165) is 60.0 Å². The topological polar surface area (TPSA) is 522 Å². The molecule has 32 nitrogen and oxygen atoms in total. The van der Waals surface area contributed by atoms with Gasteiger partial charge in [0.1, 0.15) is 90.6 Å². The lowest BCUT2D eigenvalue weighted by Gasteiger charge is -2.50. The third-order valence-electron chi connectivity index (χ3n) is 17.2. The molecule has 550 valence electrons. The van der Waals surface area contributed by atoms with Crippen molar-refractivity contribution < 1.29 is 129 Å². The molecule has 1 spiro atoms. The Hall–Kier alpha value is -8.13. The molecule has 32 heteroatoms. The van der Waals surface area contributed by atoms with Crippen LogP contribution in [0.4, 0.5) is 0 Å². The molecule has 0 radical (unpaired) electrons. The van der Waals surface area contributed by atoms with Crippen molar-refractivity contribution in [2.75, 3.05) is 13.2 Å². The van der Waals surface area contributed by atoms with Gasteiger partial charge in [-0.25, -0.2) is 19.2 Å². The summed E-state index contributed by atoms with van der Waals surface area (Å²) in [5.41, 5.74) is 5.93. The molecular weight excluding hydrogens is 1320 g/mol. The second-order valence-electron chi connectivity index (χ2n) is 24.5. The predicted molar refractivity (Wildman–Crippen MR) is 349 cm³/mol. The first-order chi connectivity index (χ1) is 47.4. The maximum Gasteiger partial charge on any atom is 0.331 e. The van der Waals surface area contributed by atoms with Crippen molar-refractivity contribution in [3.8, 4) is 17.2 Å². The largest absolute Gasteiger partial charge is 0.508 e. The number of carbonyl (C=O) groups is 5. The van der Waals surface area contributed by atoms with Crippen LogP contribution >= 0.6 is 0 Å². The van der Waals surface area contributed by atoms with Crippen molar-refractivity contribution in [1.82, 2.24) is 19.9 Å². The molecule has 3 aromatic rings. The third-order valence-corrected chi connectivity index (χ3v) is 17.2. The number of Topliss-reactive ketones (excluding diaryl/α,β-unsaturated/α-hetero) is 1. The lowest BCUT2D eigenvalue weighted by molar-refractivity contribution is -0.395. The summed E-state index contributed by atoms with van der Waals surface area (Å²) in [6.45, 7) is 8.77. The van der Waals surface area contributed by atoms with Crippen molar-refractivity contribution in [1.29, 1.82) is 0 Å². The normalized spacial score (nSPS) is 28.4. The number of aliphatic hydroxyl groups is 10.